The Bertz CT molecular complexity index is 411. The van der Waals surface area contributed by atoms with Gasteiger partial charge in [-0.05, 0) is 44.7 Å². The van der Waals surface area contributed by atoms with Gasteiger partial charge in [0.1, 0.15) is 17.0 Å². The van der Waals surface area contributed by atoms with Gasteiger partial charge in [0.25, 0.3) is 0 Å². The van der Waals surface area contributed by atoms with E-state index < -0.39 is 5.54 Å². The highest BCUT2D eigenvalue weighted by Gasteiger charge is 2.20. The van der Waals surface area contributed by atoms with Crippen molar-refractivity contribution < 1.29 is 9.47 Å². The third-order valence-corrected chi connectivity index (χ3v) is 2.97. The van der Waals surface area contributed by atoms with Crippen LogP contribution in [0, 0.1) is 11.3 Å². The quantitative estimate of drug-likeness (QED) is 0.782. The van der Waals surface area contributed by atoms with Crippen LogP contribution >= 0.6 is 0 Å². The molecule has 0 heterocycles. The second-order valence-electron chi connectivity index (χ2n) is 4.61. The van der Waals surface area contributed by atoms with Crippen molar-refractivity contribution in [2.24, 2.45) is 0 Å². The lowest BCUT2D eigenvalue weighted by Gasteiger charge is -2.20. The zero-order valence-electron chi connectivity index (χ0n) is 11.9. The molecule has 0 radical (unpaired) electrons. The first kappa shape index (κ1) is 15.3. The van der Waals surface area contributed by atoms with Crippen LogP contribution in [0.4, 0.5) is 0 Å². The molecule has 4 nitrogen and oxygen atoms in total. The van der Waals surface area contributed by atoms with E-state index in [0.29, 0.717) is 13.0 Å². The van der Waals surface area contributed by atoms with Gasteiger partial charge < -0.3 is 14.8 Å². The lowest BCUT2D eigenvalue weighted by Crippen LogP contribution is -2.39. The minimum absolute atomic E-state index is 0.500. The second-order valence-corrected chi connectivity index (χ2v) is 4.61. The number of nitrogens with one attached hydrogen (secondary N) is 1. The lowest BCUT2D eigenvalue weighted by atomic mass is 10.0. The predicted molar refractivity (Wildman–Crippen MR) is 75.4 cm³/mol. The van der Waals surface area contributed by atoms with Gasteiger partial charge in [-0.15, -0.1) is 0 Å². The van der Waals surface area contributed by atoms with E-state index in [4.69, 9.17) is 14.7 Å². The average molecular weight is 262 g/mol. The topological polar surface area (TPSA) is 54.3 Å². The van der Waals surface area contributed by atoms with Crippen LogP contribution in [0.25, 0.3) is 0 Å². The second kappa shape index (κ2) is 7.65. The molecule has 19 heavy (non-hydrogen) atoms. The molecule has 1 rings (SSSR count). The summed E-state index contributed by atoms with van der Waals surface area (Å²) in [4.78, 5) is 0. The van der Waals surface area contributed by atoms with E-state index >= 15 is 0 Å². The van der Waals surface area contributed by atoms with Gasteiger partial charge in [0.05, 0.1) is 19.3 Å². The van der Waals surface area contributed by atoms with Crippen molar-refractivity contribution in [3.8, 4) is 17.6 Å². The number of nitriles is 1. The molecule has 0 aromatic heterocycles. The summed E-state index contributed by atoms with van der Waals surface area (Å²) < 4.78 is 11.1. The number of hydrogen-bond donors (Lipinski definition) is 1. The van der Waals surface area contributed by atoms with E-state index in [-0.39, 0.29) is 0 Å². The first-order valence-corrected chi connectivity index (χ1v) is 6.59. The molecule has 0 saturated heterocycles. The molecule has 1 aromatic rings. The van der Waals surface area contributed by atoms with E-state index in [1.54, 1.807) is 7.05 Å². The zero-order valence-corrected chi connectivity index (χ0v) is 11.9. The highest BCUT2D eigenvalue weighted by molar-refractivity contribution is 5.31. The largest absolute Gasteiger partial charge is 0.494 e. The summed E-state index contributed by atoms with van der Waals surface area (Å²) in [5, 5.41) is 12.0. The smallest absolute Gasteiger partial charge is 0.119 e. The summed E-state index contributed by atoms with van der Waals surface area (Å²) >= 11 is 0. The molecule has 0 spiro atoms. The van der Waals surface area contributed by atoms with Crippen LogP contribution < -0.4 is 14.8 Å². The zero-order chi connectivity index (χ0) is 14.1. The average Bonchev–Trinajstić information content (AvgIpc) is 2.46. The van der Waals surface area contributed by atoms with Crippen LogP contribution in [0.15, 0.2) is 24.3 Å². The summed E-state index contributed by atoms with van der Waals surface area (Å²) in [6.07, 6.45) is 1.63. The van der Waals surface area contributed by atoms with Crippen LogP contribution in [0.1, 0.15) is 26.7 Å². The van der Waals surface area contributed by atoms with Gasteiger partial charge in [0.2, 0.25) is 0 Å². The standard InChI is InChI=1S/C15H22N2O2/c1-4-10-18-13-5-7-14(8-6-13)19-11-9-15(2,12-16)17-3/h5-8,17H,4,9-11H2,1-3H3. The molecule has 1 atom stereocenters. The van der Waals surface area contributed by atoms with Crippen molar-refractivity contribution in [3.63, 3.8) is 0 Å². The molecule has 0 bridgehead atoms. The molecule has 0 aliphatic rings. The van der Waals surface area contributed by atoms with E-state index in [0.717, 1.165) is 24.5 Å². The monoisotopic (exact) mass is 262 g/mol. The SMILES string of the molecule is CCCOc1ccc(OCCC(C)(C#N)NC)cc1. The van der Waals surface area contributed by atoms with E-state index in [1.807, 2.05) is 31.2 Å². The molecule has 4 heteroatoms. The Morgan fingerprint density at radius 1 is 1.16 bits per heavy atom. The molecule has 104 valence electrons. The number of ether oxygens (including phenoxy) is 2. The van der Waals surface area contributed by atoms with Gasteiger partial charge in [-0.3, -0.25) is 0 Å². The molecule has 1 aromatic carbocycles. The van der Waals surface area contributed by atoms with Gasteiger partial charge in [0.15, 0.2) is 0 Å². The van der Waals surface area contributed by atoms with Crippen LogP contribution in [-0.4, -0.2) is 25.8 Å². The van der Waals surface area contributed by atoms with Crippen LogP contribution in [-0.2, 0) is 0 Å². The van der Waals surface area contributed by atoms with Crippen molar-refractivity contribution in [3.05, 3.63) is 24.3 Å². The third kappa shape index (κ3) is 5.19. The molecule has 1 N–H and O–H groups in total. The Morgan fingerprint density at radius 3 is 2.11 bits per heavy atom. The molecule has 1 unspecified atom stereocenters. The van der Waals surface area contributed by atoms with Gasteiger partial charge >= 0.3 is 0 Å². The van der Waals surface area contributed by atoms with Gasteiger partial charge in [-0.2, -0.15) is 5.26 Å². The minimum Gasteiger partial charge on any atom is -0.494 e. The van der Waals surface area contributed by atoms with Crippen molar-refractivity contribution >= 4 is 0 Å². The third-order valence-electron chi connectivity index (χ3n) is 2.97. The van der Waals surface area contributed by atoms with E-state index in [1.165, 1.54) is 0 Å². The Hall–Kier alpha value is -1.73. The maximum absolute atomic E-state index is 9.02. The van der Waals surface area contributed by atoms with Crippen molar-refractivity contribution in [2.75, 3.05) is 20.3 Å². The molecule has 0 aliphatic carbocycles. The summed E-state index contributed by atoms with van der Waals surface area (Å²) in [5.41, 5.74) is -0.538. The minimum atomic E-state index is -0.538. The number of benzene rings is 1. The Balaban J connectivity index is 2.40. The predicted octanol–water partition coefficient (Wildman–Crippen LogP) is 2.75. The highest BCUT2D eigenvalue weighted by atomic mass is 16.5. The first-order valence-electron chi connectivity index (χ1n) is 6.59. The maximum Gasteiger partial charge on any atom is 0.119 e. The Kier molecular flexibility index (Phi) is 6.17. The summed E-state index contributed by atoms with van der Waals surface area (Å²) in [5.74, 6) is 1.64. The van der Waals surface area contributed by atoms with Crippen LogP contribution in [0.2, 0.25) is 0 Å². The van der Waals surface area contributed by atoms with E-state index in [2.05, 4.69) is 18.3 Å². The number of hydrogen-bond acceptors (Lipinski definition) is 4. The van der Waals surface area contributed by atoms with Gasteiger partial charge in [-0.25, -0.2) is 0 Å². The molecular weight excluding hydrogens is 240 g/mol. The first-order chi connectivity index (χ1) is 9.13. The fraction of sp³-hybridized carbons (Fsp3) is 0.533. The van der Waals surface area contributed by atoms with Gasteiger partial charge in [0, 0.05) is 6.42 Å². The molecule has 0 amide bonds. The fourth-order valence-electron chi connectivity index (χ4n) is 1.46. The maximum atomic E-state index is 9.02. The summed E-state index contributed by atoms with van der Waals surface area (Å²) in [6, 6.07) is 9.79. The Labute approximate surface area is 115 Å². The highest BCUT2D eigenvalue weighted by Crippen LogP contribution is 2.18. The number of rotatable bonds is 8. The fourth-order valence-corrected chi connectivity index (χ4v) is 1.46. The van der Waals surface area contributed by atoms with Crippen molar-refractivity contribution in [2.45, 2.75) is 32.2 Å². The summed E-state index contributed by atoms with van der Waals surface area (Å²) in [7, 11) is 1.78. The molecule has 0 aliphatic heterocycles. The van der Waals surface area contributed by atoms with E-state index in [9.17, 15) is 0 Å². The van der Waals surface area contributed by atoms with Crippen LogP contribution in [0.5, 0.6) is 11.5 Å². The van der Waals surface area contributed by atoms with Crippen LogP contribution in [0.3, 0.4) is 0 Å². The normalized spacial score (nSPS) is 13.4. The summed E-state index contributed by atoms with van der Waals surface area (Å²) in [6.45, 7) is 5.16. The molecule has 0 saturated carbocycles. The van der Waals surface area contributed by atoms with Crippen molar-refractivity contribution in [1.82, 2.24) is 5.32 Å². The Morgan fingerprint density at radius 2 is 1.68 bits per heavy atom. The number of nitrogens with zero attached hydrogens (tertiary/aromatic N) is 1. The van der Waals surface area contributed by atoms with Gasteiger partial charge in [-0.1, -0.05) is 6.92 Å². The lowest BCUT2D eigenvalue weighted by molar-refractivity contribution is 0.272. The molecular formula is C15H22N2O2. The van der Waals surface area contributed by atoms with Crippen molar-refractivity contribution in [1.29, 1.82) is 5.26 Å². The molecule has 0 fully saturated rings.